The molecule has 2 unspecified atom stereocenters. The zero-order valence-corrected chi connectivity index (χ0v) is 16.0. The Hall–Kier alpha value is 0.0969. The van der Waals surface area contributed by atoms with Crippen molar-refractivity contribution in [2.45, 2.75) is 97.1 Å². The van der Waals surface area contributed by atoms with E-state index in [4.69, 9.17) is 9.16 Å². The van der Waals surface area contributed by atoms with E-state index in [1.54, 1.807) is 0 Å². The van der Waals surface area contributed by atoms with Crippen LogP contribution in [0.4, 0.5) is 0 Å². The number of hydrogen-bond donors (Lipinski definition) is 1. The first kappa shape index (κ1) is 21.1. The predicted octanol–water partition coefficient (Wildman–Crippen LogP) is 4.74. The zero-order valence-electron chi connectivity index (χ0n) is 15.0. The van der Waals surface area contributed by atoms with Crippen molar-refractivity contribution < 1.29 is 14.3 Å². The first-order chi connectivity index (χ1) is 10.0. The third-order valence-corrected chi connectivity index (χ3v) is 9.11. The number of rotatable bonds is 14. The Bertz CT molecular complexity index is 222. The summed E-state index contributed by atoms with van der Waals surface area (Å²) < 4.78 is 12.2. The summed E-state index contributed by atoms with van der Waals surface area (Å²) in [6.45, 7) is 12.5. The summed E-state index contributed by atoms with van der Waals surface area (Å²) >= 11 is 0. The highest BCUT2D eigenvalue weighted by atomic mass is 28.4. The summed E-state index contributed by atoms with van der Waals surface area (Å²) in [7, 11) is -1.58. The number of ether oxygens (including phenoxy) is 1. The molecule has 0 aliphatic carbocycles. The van der Waals surface area contributed by atoms with Crippen molar-refractivity contribution in [1.29, 1.82) is 0 Å². The molecule has 0 amide bonds. The van der Waals surface area contributed by atoms with Crippen LogP contribution in [0.5, 0.6) is 0 Å². The fourth-order valence-electron chi connectivity index (χ4n) is 2.72. The molecule has 0 spiro atoms. The molecule has 0 aromatic rings. The van der Waals surface area contributed by atoms with Gasteiger partial charge in [0.25, 0.3) is 0 Å². The van der Waals surface area contributed by atoms with Gasteiger partial charge >= 0.3 is 0 Å². The molecule has 21 heavy (non-hydrogen) atoms. The van der Waals surface area contributed by atoms with Crippen molar-refractivity contribution in [3.05, 3.63) is 0 Å². The van der Waals surface area contributed by atoms with Crippen LogP contribution in [0.25, 0.3) is 0 Å². The van der Waals surface area contributed by atoms with E-state index in [9.17, 15) is 5.11 Å². The van der Waals surface area contributed by atoms with Crippen LogP contribution in [0.15, 0.2) is 0 Å². The normalized spacial score (nSPS) is 15.1. The molecule has 0 rings (SSSR count). The van der Waals surface area contributed by atoms with Gasteiger partial charge in [-0.1, -0.05) is 34.1 Å². The molecule has 0 aromatic carbocycles. The van der Waals surface area contributed by atoms with Gasteiger partial charge in [0.2, 0.25) is 0 Å². The maximum absolute atomic E-state index is 9.71. The second-order valence-electron chi connectivity index (χ2n) is 6.18. The minimum absolute atomic E-state index is 0.200. The SMILES string of the molecule is CCCCOCCCC(CC(C)O)O[Si](CC)(CC)CC. The van der Waals surface area contributed by atoms with Gasteiger partial charge in [-0.25, -0.2) is 0 Å². The van der Waals surface area contributed by atoms with Crippen LogP contribution in [0.1, 0.15) is 66.7 Å². The van der Waals surface area contributed by atoms with E-state index in [1.165, 1.54) is 24.6 Å². The van der Waals surface area contributed by atoms with E-state index in [0.29, 0.717) is 0 Å². The van der Waals surface area contributed by atoms with Gasteiger partial charge in [0.1, 0.15) is 0 Å². The maximum atomic E-state index is 9.71. The number of aliphatic hydroxyl groups excluding tert-OH is 1. The van der Waals surface area contributed by atoms with E-state index < -0.39 is 8.32 Å². The average molecular weight is 319 g/mol. The smallest absolute Gasteiger partial charge is 0.192 e. The Morgan fingerprint density at radius 3 is 2.00 bits per heavy atom. The third kappa shape index (κ3) is 9.66. The molecular weight excluding hydrogens is 280 g/mol. The molecule has 0 saturated carbocycles. The minimum Gasteiger partial charge on any atom is -0.414 e. The molecule has 1 N–H and O–H groups in total. The number of hydrogen-bond acceptors (Lipinski definition) is 3. The lowest BCUT2D eigenvalue weighted by molar-refractivity contribution is 0.0766. The summed E-state index contributed by atoms with van der Waals surface area (Å²) in [5.74, 6) is 0. The van der Waals surface area contributed by atoms with Crippen molar-refractivity contribution >= 4 is 8.32 Å². The second kappa shape index (κ2) is 12.6. The molecule has 0 aromatic heterocycles. The van der Waals surface area contributed by atoms with Gasteiger partial charge in [-0.3, -0.25) is 0 Å². The van der Waals surface area contributed by atoms with E-state index >= 15 is 0 Å². The highest BCUT2D eigenvalue weighted by Gasteiger charge is 2.32. The molecule has 0 radical (unpaired) electrons. The summed E-state index contributed by atoms with van der Waals surface area (Å²) in [6, 6.07) is 3.51. The minimum atomic E-state index is -1.58. The summed E-state index contributed by atoms with van der Waals surface area (Å²) in [5, 5.41) is 9.71. The lowest BCUT2D eigenvalue weighted by Gasteiger charge is -2.34. The molecule has 0 aliphatic rings. The van der Waals surface area contributed by atoms with Gasteiger partial charge in [0, 0.05) is 19.3 Å². The molecule has 2 atom stereocenters. The monoisotopic (exact) mass is 318 g/mol. The molecular formula is C17H38O3Si. The Morgan fingerprint density at radius 1 is 0.952 bits per heavy atom. The van der Waals surface area contributed by atoms with E-state index in [1.807, 2.05) is 6.92 Å². The Morgan fingerprint density at radius 2 is 1.52 bits per heavy atom. The molecule has 0 fully saturated rings. The number of unbranched alkanes of at least 4 members (excludes halogenated alkanes) is 1. The zero-order chi connectivity index (χ0) is 16.1. The quantitative estimate of drug-likeness (QED) is 0.371. The number of aliphatic hydroxyl groups is 1. The Labute approximate surface area is 133 Å². The average Bonchev–Trinajstić information content (AvgIpc) is 2.47. The van der Waals surface area contributed by atoms with Crippen LogP contribution in [0, 0.1) is 0 Å². The maximum Gasteiger partial charge on any atom is 0.192 e. The van der Waals surface area contributed by atoms with Gasteiger partial charge in [-0.15, -0.1) is 0 Å². The van der Waals surface area contributed by atoms with E-state index in [-0.39, 0.29) is 12.2 Å². The predicted molar refractivity (Wildman–Crippen MR) is 93.3 cm³/mol. The van der Waals surface area contributed by atoms with E-state index in [0.717, 1.165) is 38.9 Å². The summed E-state index contributed by atoms with van der Waals surface area (Å²) in [5.41, 5.74) is 0. The largest absolute Gasteiger partial charge is 0.414 e. The highest BCUT2D eigenvalue weighted by molar-refractivity contribution is 6.73. The lowest BCUT2D eigenvalue weighted by Crippen LogP contribution is -2.40. The standard InChI is InChI=1S/C17H38O3Si/c1-6-10-13-19-14-11-12-17(15-16(5)18)20-21(7-2,8-3)9-4/h16-18H,6-15H2,1-5H3. The second-order valence-corrected chi connectivity index (χ2v) is 10.9. The first-order valence-corrected chi connectivity index (χ1v) is 11.5. The molecule has 4 heteroatoms. The van der Waals surface area contributed by atoms with Crippen molar-refractivity contribution in [1.82, 2.24) is 0 Å². The van der Waals surface area contributed by atoms with Crippen molar-refractivity contribution in [2.75, 3.05) is 13.2 Å². The van der Waals surface area contributed by atoms with Gasteiger partial charge in [0.15, 0.2) is 8.32 Å². The van der Waals surface area contributed by atoms with Gasteiger partial charge in [-0.05, 0) is 50.7 Å². The molecule has 3 nitrogen and oxygen atoms in total. The first-order valence-electron chi connectivity index (χ1n) is 8.97. The van der Waals surface area contributed by atoms with Gasteiger partial charge in [-0.2, -0.15) is 0 Å². The molecule has 0 bridgehead atoms. The van der Waals surface area contributed by atoms with Gasteiger partial charge < -0.3 is 14.3 Å². The van der Waals surface area contributed by atoms with Crippen LogP contribution in [0.2, 0.25) is 18.1 Å². The van der Waals surface area contributed by atoms with Gasteiger partial charge in [0.05, 0.1) is 6.10 Å². The molecule has 0 aliphatic heterocycles. The summed E-state index contributed by atoms with van der Waals surface area (Å²) in [4.78, 5) is 0. The molecule has 128 valence electrons. The summed E-state index contributed by atoms with van der Waals surface area (Å²) in [6.07, 6.45) is 5.04. The highest BCUT2D eigenvalue weighted by Crippen LogP contribution is 2.26. The van der Waals surface area contributed by atoms with Crippen LogP contribution >= 0.6 is 0 Å². The third-order valence-electron chi connectivity index (χ3n) is 4.41. The van der Waals surface area contributed by atoms with Crippen molar-refractivity contribution in [3.63, 3.8) is 0 Å². The van der Waals surface area contributed by atoms with Crippen LogP contribution in [0.3, 0.4) is 0 Å². The topological polar surface area (TPSA) is 38.7 Å². The van der Waals surface area contributed by atoms with Crippen LogP contribution < -0.4 is 0 Å². The Balaban J connectivity index is 4.25. The van der Waals surface area contributed by atoms with Crippen LogP contribution in [-0.4, -0.2) is 38.8 Å². The van der Waals surface area contributed by atoms with Crippen LogP contribution in [-0.2, 0) is 9.16 Å². The van der Waals surface area contributed by atoms with E-state index in [2.05, 4.69) is 27.7 Å². The molecule has 0 saturated heterocycles. The van der Waals surface area contributed by atoms with Crippen molar-refractivity contribution in [2.24, 2.45) is 0 Å². The lowest BCUT2D eigenvalue weighted by atomic mass is 10.1. The molecule has 0 heterocycles. The fourth-order valence-corrected chi connectivity index (χ4v) is 5.64. The Kier molecular flexibility index (Phi) is 12.7. The fraction of sp³-hybridized carbons (Fsp3) is 1.00. The van der Waals surface area contributed by atoms with Crippen molar-refractivity contribution in [3.8, 4) is 0 Å².